The minimum absolute atomic E-state index is 0.268. The van der Waals surface area contributed by atoms with Gasteiger partial charge in [-0.05, 0) is 5.92 Å². The zero-order chi connectivity index (χ0) is 15.0. The van der Waals surface area contributed by atoms with Crippen molar-refractivity contribution in [2.24, 2.45) is 5.92 Å². The number of carboxylic acid groups (broad SMARTS) is 1. The Morgan fingerprint density at radius 3 is 2.26 bits per heavy atom. The first-order valence-electron chi connectivity index (χ1n) is 5.84. The lowest BCUT2D eigenvalue weighted by Gasteiger charge is -2.13. The Kier molecular flexibility index (Phi) is 7.97. The van der Waals surface area contributed by atoms with Crippen LogP contribution in [0.3, 0.4) is 0 Å². The van der Waals surface area contributed by atoms with Crippen molar-refractivity contribution in [1.82, 2.24) is 10.6 Å². The molecule has 0 aromatic carbocycles. The van der Waals surface area contributed by atoms with E-state index in [0.29, 0.717) is 6.54 Å². The van der Waals surface area contributed by atoms with E-state index in [-0.39, 0.29) is 23.3 Å². The molecule has 0 heterocycles. The van der Waals surface area contributed by atoms with Gasteiger partial charge in [0.15, 0.2) is 0 Å². The second-order valence-corrected chi connectivity index (χ2v) is 6.04. The van der Waals surface area contributed by atoms with Gasteiger partial charge in [-0.15, -0.1) is 0 Å². The number of hydrogen-bond acceptors (Lipinski definition) is 4. The lowest BCUT2D eigenvalue weighted by molar-refractivity contribution is -0.140. The molecule has 0 radical (unpaired) electrons. The second-order valence-electron chi connectivity index (χ2n) is 4.54. The summed E-state index contributed by atoms with van der Waals surface area (Å²) in [5.41, 5.74) is 0. The van der Waals surface area contributed by atoms with E-state index in [2.05, 4.69) is 10.6 Å². The molecule has 0 rings (SSSR count). The van der Waals surface area contributed by atoms with Gasteiger partial charge in [0.2, 0.25) is 11.8 Å². The Bertz CT molecular complexity index is 370. The summed E-state index contributed by atoms with van der Waals surface area (Å²) in [5.74, 6) is -2.46. The van der Waals surface area contributed by atoms with Crippen LogP contribution in [0, 0.1) is 5.92 Å². The fourth-order valence-corrected chi connectivity index (χ4v) is 2.29. The van der Waals surface area contributed by atoms with Crippen molar-refractivity contribution in [3.8, 4) is 0 Å². The summed E-state index contributed by atoms with van der Waals surface area (Å²) in [6.07, 6.45) is 0. The summed E-state index contributed by atoms with van der Waals surface area (Å²) < 4.78 is 11.6. The van der Waals surface area contributed by atoms with E-state index in [1.54, 1.807) is 0 Å². The van der Waals surface area contributed by atoms with E-state index in [1.807, 2.05) is 13.8 Å². The van der Waals surface area contributed by atoms with Gasteiger partial charge in [0.05, 0.1) is 5.75 Å². The van der Waals surface area contributed by atoms with E-state index in [9.17, 15) is 18.6 Å². The average molecular weight is 292 g/mol. The monoisotopic (exact) mass is 292 g/mol. The maximum absolute atomic E-state index is 11.6. The Morgan fingerprint density at radius 1 is 1.26 bits per heavy atom. The molecular formula is C11H20N2O5S. The molecule has 0 fully saturated rings. The molecule has 0 aromatic heterocycles. The third-order valence-corrected chi connectivity index (χ3v) is 3.32. The molecule has 0 saturated carbocycles. The largest absolute Gasteiger partial charge is 0.480 e. The second kappa shape index (κ2) is 8.63. The Morgan fingerprint density at radius 2 is 1.84 bits per heavy atom. The number of amides is 2. The predicted octanol–water partition coefficient (Wildman–Crippen LogP) is -0.903. The van der Waals surface area contributed by atoms with Crippen molar-refractivity contribution in [1.29, 1.82) is 0 Å². The highest BCUT2D eigenvalue weighted by molar-refractivity contribution is 7.85. The maximum atomic E-state index is 11.6. The highest BCUT2D eigenvalue weighted by atomic mass is 32.2. The summed E-state index contributed by atoms with van der Waals surface area (Å²) in [7, 11) is -1.64. The first kappa shape index (κ1) is 17.6. The molecule has 0 spiro atoms. The van der Waals surface area contributed by atoms with E-state index in [0.717, 1.165) is 0 Å². The highest BCUT2D eigenvalue weighted by Crippen LogP contribution is 1.93. The molecule has 0 aliphatic heterocycles. The van der Waals surface area contributed by atoms with Gasteiger partial charge in [-0.25, -0.2) is 4.79 Å². The van der Waals surface area contributed by atoms with Crippen LogP contribution < -0.4 is 10.6 Å². The molecule has 0 bridgehead atoms. The molecule has 2 unspecified atom stereocenters. The van der Waals surface area contributed by atoms with Crippen LogP contribution in [0.2, 0.25) is 0 Å². The van der Waals surface area contributed by atoms with Gasteiger partial charge in [0, 0.05) is 24.3 Å². The van der Waals surface area contributed by atoms with Crippen molar-refractivity contribution in [3.05, 3.63) is 0 Å². The first-order chi connectivity index (χ1) is 8.72. The number of rotatable bonds is 8. The Labute approximate surface area is 114 Å². The van der Waals surface area contributed by atoms with Crippen LogP contribution >= 0.6 is 0 Å². The SMILES string of the molecule is CC(=O)NC(CS(=O)CC(=O)NCC(C)C)C(=O)O. The maximum Gasteiger partial charge on any atom is 0.327 e. The fourth-order valence-electron chi connectivity index (χ4n) is 1.18. The lowest BCUT2D eigenvalue weighted by atomic mass is 10.2. The van der Waals surface area contributed by atoms with Crippen LogP contribution in [0.5, 0.6) is 0 Å². The average Bonchev–Trinajstić information content (AvgIpc) is 2.24. The number of carboxylic acids is 1. The van der Waals surface area contributed by atoms with Gasteiger partial charge in [0.1, 0.15) is 11.8 Å². The number of carbonyl (C=O) groups is 3. The Hall–Kier alpha value is -1.44. The molecule has 2 atom stereocenters. The zero-order valence-electron chi connectivity index (χ0n) is 11.3. The third kappa shape index (κ3) is 9.18. The van der Waals surface area contributed by atoms with E-state index < -0.39 is 28.7 Å². The molecule has 8 heteroatoms. The first-order valence-corrected chi connectivity index (χ1v) is 7.32. The highest BCUT2D eigenvalue weighted by Gasteiger charge is 2.22. The standard InChI is InChI=1S/C11H20N2O5S/c1-7(2)4-12-10(15)6-19(18)5-9(11(16)17)13-8(3)14/h7,9H,4-6H2,1-3H3,(H,12,15)(H,13,14)(H,16,17). The number of carbonyl (C=O) groups excluding carboxylic acids is 2. The molecule has 0 aliphatic carbocycles. The van der Waals surface area contributed by atoms with Crippen molar-refractivity contribution < 1.29 is 23.7 Å². The third-order valence-electron chi connectivity index (χ3n) is 2.03. The quantitative estimate of drug-likeness (QED) is 0.536. The van der Waals surface area contributed by atoms with Crippen molar-refractivity contribution >= 4 is 28.6 Å². The smallest absolute Gasteiger partial charge is 0.327 e. The Balaban J connectivity index is 4.23. The lowest BCUT2D eigenvalue weighted by Crippen LogP contribution is -2.44. The molecule has 3 N–H and O–H groups in total. The van der Waals surface area contributed by atoms with E-state index >= 15 is 0 Å². The van der Waals surface area contributed by atoms with Gasteiger partial charge in [-0.2, -0.15) is 0 Å². The van der Waals surface area contributed by atoms with Crippen LogP contribution in [-0.4, -0.2) is 51.2 Å². The van der Waals surface area contributed by atoms with Crippen molar-refractivity contribution in [2.45, 2.75) is 26.8 Å². The summed E-state index contributed by atoms with van der Waals surface area (Å²) in [4.78, 5) is 33.0. The molecular weight excluding hydrogens is 272 g/mol. The predicted molar refractivity (Wildman–Crippen MR) is 71.0 cm³/mol. The molecule has 110 valence electrons. The summed E-state index contributed by atoms with van der Waals surface area (Å²) in [6.45, 7) is 5.50. The van der Waals surface area contributed by atoms with Gasteiger partial charge < -0.3 is 15.7 Å². The number of hydrogen-bond donors (Lipinski definition) is 3. The van der Waals surface area contributed by atoms with Crippen LogP contribution in [-0.2, 0) is 25.2 Å². The van der Waals surface area contributed by atoms with E-state index in [4.69, 9.17) is 5.11 Å². The van der Waals surface area contributed by atoms with Crippen LogP contribution in [0.4, 0.5) is 0 Å². The number of nitrogens with one attached hydrogen (secondary N) is 2. The molecule has 0 saturated heterocycles. The van der Waals surface area contributed by atoms with Gasteiger partial charge >= 0.3 is 5.97 Å². The van der Waals surface area contributed by atoms with Crippen molar-refractivity contribution in [2.75, 3.05) is 18.1 Å². The molecule has 0 aromatic rings. The van der Waals surface area contributed by atoms with Crippen LogP contribution in [0.1, 0.15) is 20.8 Å². The molecule has 19 heavy (non-hydrogen) atoms. The fraction of sp³-hybridized carbons (Fsp3) is 0.727. The molecule has 2 amide bonds. The summed E-state index contributed by atoms with van der Waals surface area (Å²) >= 11 is 0. The minimum atomic E-state index is -1.64. The summed E-state index contributed by atoms with van der Waals surface area (Å²) in [6, 6.07) is -1.24. The van der Waals surface area contributed by atoms with E-state index in [1.165, 1.54) is 6.92 Å². The number of aliphatic carboxylic acids is 1. The zero-order valence-corrected chi connectivity index (χ0v) is 12.1. The topological polar surface area (TPSA) is 113 Å². The molecule has 7 nitrogen and oxygen atoms in total. The van der Waals surface area contributed by atoms with Gasteiger partial charge in [-0.1, -0.05) is 13.8 Å². The molecule has 0 aliphatic rings. The van der Waals surface area contributed by atoms with Crippen molar-refractivity contribution in [3.63, 3.8) is 0 Å². The van der Waals surface area contributed by atoms with Gasteiger partial charge in [-0.3, -0.25) is 13.8 Å². The van der Waals surface area contributed by atoms with Crippen LogP contribution in [0.15, 0.2) is 0 Å². The normalized spacial score (nSPS) is 13.7. The minimum Gasteiger partial charge on any atom is -0.480 e. The van der Waals surface area contributed by atoms with Gasteiger partial charge in [0.25, 0.3) is 0 Å². The summed E-state index contributed by atoms with van der Waals surface area (Å²) in [5, 5.41) is 13.6. The van der Waals surface area contributed by atoms with Crippen LogP contribution in [0.25, 0.3) is 0 Å².